The van der Waals surface area contributed by atoms with E-state index in [1.807, 2.05) is 13.8 Å². The van der Waals surface area contributed by atoms with E-state index < -0.39 is 0 Å². The average molecular weight is 274 g/mol. The molecular formula is C11H20ClN5O. The second-order valence-corrected chi connectivity index (χ2v) is 4.61. The highest BCUT2D eigenvalue weighted by molar-refractivity contribution is 6.28. The molecule has 102 valence electrons. The molecule has 0 bridgehead atoms. The summed E-state index contributed by atoms with van der Waals surface area (Å²) in [5.74, 6) is 0.984. The van der Waals surface area contributed by atoms with Crippen molar-refractivity contribution >= 4 is 23.5 Å². The van der Waals surface area contributed by atoms with Crippen LogP contribution in [0.4, 0.5) is 11.9 Å². The van der Waals surface area contributed by atoms with Gasteiger partial charge in [0.2, 0.25) is 17.2 Å². The van der Waals surface area contributed by atoms with Gasteiger partial charge in [0.25, 0.3) is 0 Å². The molecule has 6 nitrogen and oxygen atoms in total. The predicted octanol–water partition coefficient (Wildman–Crippen LogP) is 1.78. The summed E-state index contributed by atoms with van der Waals surface area (Å²) in [5, 5.41) is 15.4. The number of anilines is 2. The van der Waals surface area contributed by atoms with E-state index in [1.165, 1.54) is 0 Å². The van der Waals surface area contributed by atoms with Gasteiger partial charge in [-0.2, -0.15) is 15.0 Å². The molecule has 0 aliphatic rings. The molecule has 0 aromatic carbocycles. The molecule has 1 aromatic heterocycles. The Hall–Kier alpha value is -1.14. The van der Waals surface area contributed by atoms with E-state index in [0.717, 1.165) is 13.0 Å². The molecule has 1 aromatic rings. The quantitative estimate of drug-likeness (QED) is 0.702. The zero-order valence-corrected chi connectivity index (χ0v) is 11.7. The first-order valence-electron chi connectivity index (χ1n) is 6.09. The van der Waals surface area contributed by atoms with Crippen molar-refractivity contribution in [1.82, 2.24) is 15.0 Å². The number of aliphatic hydroxyl groups is 1. The highest BCUT2D eigenvalue weighted by Crippen LogP contribution is 2.12. The Labute approximate surface area is 112 Å². The van der Waals surface area contributed by atoms with Gasteiger partial charge in [0.1, 0.15) is 0 Å². The van der Waals surface area contributed by atoms with Crippen molar-refractivity contribution in [2.75, 3.05) is 23.8 Å². The Morgan fingerprint density at radius 2 is 1.89 bits per heavy atom. The van der Waals surface area contributed by atoms with E-state index >= 15 is 0 Å². The van der Waals surface area contributed by atoms with E-state index in [1.54, 1.807) is 0 Å². The molecule has 0 saturated carbocycles. The Morgan fingerprint density at radius 1 is 1.22 bits per heavy atom. The molecule has 0 spiro atoms. The normalized spacial score (nSPS) is 14.1. The highest BCUT2D eigenvalue weighted by atomic mass is 35.5. The van der Waals surface area contributed by atoms with Crippen molar-refractivity contribution < 1.29 is 5.11 Å². The van der Waals surface area contributed by atoms with E-state index in [4.69, 9.17) is 16.7 Å². The molecule has 0 amide bonds. The van der Waals surface area contributed by atoms with Crippen LogP contribution in [0, 0.1) is 5.92 Å². The maximum atomic E-state index is 9.08. The first-order valence-corrected chi connectivity index (χ1v) is 6.47. The number of rotatable bonds is 7. The molecule has 7 heteroatoms. The molecule has 2 unspecified atom stereocenters. The van der Waals surface area contributed by atoms with Crippen LogP contribution in [0.5, 0.6) is 0 Å². The Morgan fingerprint density at radius 3 is 2.50 bits per heavy atom. The third-order valence-corrected chi connectivity index (χ3v) is 2.81. The minimum Gasteiger partial charge on any atom is -0.396 e. The molecule has 0 fully saturated rings. The van der Waals surface area contributed by atoms with Gasteiger partial charge in [-0.25, -0.2) is 0 Å². The molecule has 0 aliphatic carbocycles. The third-order valence-electron chi connectivity index (χ3n) is 2.64. The highest BCUT2D eigenvalue weighted by Gasteiger charge is 2.13. The van der Waals surface area contributed by atoms with Gasteiger partial charge in [-0.3, -0.25) is 0 Å². The van der Waals surface area contributed by atoms with Gasteiger partial charge in [-0.1, -0.05) is 13.8 Å². The molecule has 0 aliphatic heterocycles. The molecule has 3 N–H and O–H groups in total. The van der Waals surface area contributed by atoms with Gasteiger partial charge >= 0.3 is 0 Å². The maximum absolute atomic E-state index is 9.08. The van der Waals surface area contributed by atoms with Gasteiger partial charge in [0.15, 0.2) is 0 Å². The Kier molecular flexibility index (Phi) is 6.07. The number of aromatic nitrogens is 3. The van der Waals surface area contributed by atoms with Crippen molar-refractivity contribution in [3.63, 3.8) is 0 Å². The van der Waals surface area contributed by atoms with Gasteiger partial charge in [-0.15, -0.1) is 0 Å². The summed E-state index contributed by atoms with van der Waals surface area (Å²) in [6.45, 7) is 6.84. The summed E-state index contributed by atoms with van der Waals surface area (Å²) in [6.07, 6.45) is 0.976. The zero-order valence-electron chi connectivity index (χ0n) is 10.9. The minimum absolute atomic E-state index is 0.0486. The van der Waals surface area contributed by atoms with E-state index in [9.17, 15) is 0 Å². The standard InChI is InChI=1S/C11H20ClN5O/c1-4-5-13-10-15-9(12)16-11(17-10)14-8(3)7(2)6-18/h7-8,18H,4-6H2,1-3H3,(H2,13,14,15,16,17). The molecular weight excluding hydrogens is 254 g/mol. The molecule has 1 heterocycles. The van der Waals surface area contributed by atoms with Gasteiger partial charge in [0.05, 0.1) is 0 Å². The van der Waals surface area contributed by atoms with Crippen LogP contribution in [-0.2, 0) is 0 Å². The minimum atomic E-state index is 0.0486. The molecule has 1 rings (SSSR count). The van der Waals surface area contributed by atoms with Crippen molar-refractivity contribution in [2.24, 2.45) is 5.92 Å². The lowest BCUT2D eigenvalue weighted by Gasteiger charge is -2.19. The topological polar surface area (TPSA) is 83.0 Å². The number of hydrogen-bond acceptors (Lipinski definition) is 6. The summed E-state index contributed by atoms with van der Waals surface area (Å²) in [7, 11) is 0. The lowest BCUT2D eigenvalue weighted by molar-refractivity contribution is 0.226. The number of nitrogens with zero attached hydrogens (tertiary/aromatic N) is 3. The van der Waals surface area contributed by atoms with Crippen molar-refractivity contribution in [2.45, 2.75) is 33.2 Å². The van der Waals surface area contributed by atoms with Crippen LogP contribution < -0.4 is 10.6 Å². The van der Waals surface area contributed by atoms with E-state index in [0.29, 0.717) is 11.9 Å². The molecule has 0 radical (unpaired) electrons. The fourth-order valence-electron chi connectivity index (χ4n) is 1.23. The first kappa shape index (κ1) is 14.9. The number of aliphatic hydroxyl groups excluding tert-OH is 1. The van der Waals surface area contributed by atoms with Crippen LogP contribution in [0.25, 0.3) is 0 Å². The van der Waals surface area contributed by atoms with Crippen LogP contribution in [-0.4, -0.2) is 39.3 Å². The van der Waals surface area contributed by atoms with Crippen molar-refractivity contribution in [1.29, 1.82) is 0 Å². The van der Waals surface area contributed by atoms with Crippen LogP contribution in [0.15, 0.2) is 0 Å². The first-order chi connectivity index (χ1) is 8.56. The van der Waals surface area contributed by atoms with E-state index in [2.05, 4.69) is 32.5 Å². The van der Waals surface area contributed by atoms with E-state index in [-0.39, 0.29) is 23.9 Å². The SMILES string of the molecule is CCCNc1nc(Cl)nc(NC(C)C(C)CO)n1. The summed E-state index contributed by atoms with van der Waals surface area (Å²) < 4.78 is 0. The zero-order chi connectivity index (χ0) is 13.5. The summed E-state index contributed by atoms with van der Waals surface area (Å²) in [4.78, 5) is 12.2. The fraction of sp³-hybridized carbons (Fsp3) is 0.727. The largest absolute Gasteiger partial charge is 0.396 e. The lowest BCUT2D eigenvalue weighted by Crippen LogP contribution is -2.27. The Balaban J connectivity index is 2.73. The summed E-state index contributed by atoms with van der Waals surface area (Å²) >= 11 is 5.83. The Bertz CT molecular complexity index is 376. The van der Waals surface area contributed by atoms with Crippen LogP contribution in [0.1, 0.15) is 27.2 Å². The van der Waals surface area contributed by atoms with Gasteiger partial charge in [0, 0.05) is 19.2 Å². The van der Waals surface area contributed by atoms with Crippen molar-refractivity contribution in [3.05, 3.63) is 5.28 Å². The second-order valence-electron chi connectivity index (χ2n) is 4.27. The number of halogens is 1. The number of nitrogens with one attached hydrogen (secondary N) is 2. The summed E-state index contributed by atoms with van der Waals surface area (Å²) in [6, 6.07) is 0.0486. The summed E-state index contributed by atoms with van der Waals surface area (Å²) in [5.41, 5.74) is 0. The molecule has 2 atom stereocenters. The number of hydrogen-bond donors (Lipinski definition) is 3. The van der Waals surface area contributed by atoms with Crippen LogP contribution >= 0.6 is 11.6 Å². The van der Waals surface area contributed by atoms with Gasteiger partial charge < -0.3 is 15.7 Å². The third kappa shape index (κ3) is 4.62. The van der Waals surface area contributed by atoms with Crippen LogP contribution in [0.3, 0.4) is 0 Å². The monoisotopic (exact) mass is 273 g/mol. The fourth-order valence-corrected chi connectivity index (χ4v) is 1.39. The molecule has 0 saturated heterocycles. The van der Waals surface area contributed by atoms with Crippen molar-refractivity contribution in [3.8, 4) is 0 Å². The van der Waals surface area contributed by atoms with Crippen LogP contribution in [0.2, 0.25) is 5.28 Å². The lowest BCUT2D eigenvalue weighted by atomic mass is 10.1. The van der Waals surface area contributed by atoms with Gasteiger partial charge in [-0.05, 0) is 30.9 Å². The maximum Gasteiger partial charge on any atom is 0.229 e. The second kappa shape index (κ2) is 7.33. The average Bonchev–Trinajstić information content (AvgIpc) is 2.34. The smallest absolute Gasteiger partial charge is 0.229 e. The molecule has 18 heavy (non-hydrogen) atoms. The predicted molar refractivity (Wildman–Crippen MR) is 73.0 cm³/mol.